The van der Waals surface area contributed by atoms with E-state index >= 15 is 0 Å². The number of nitrogens with zero attached hydrogens (tertiary/aromatic N) is 1. The molecule has 0 bridgehead atoms. The molecule has 0 saturated carbocycles. The number of piperidine rings is 2. The lowest BCUT2D eigenvalue weighted by Gasteiger charge is -2.44. The predicted octanol–water partition coefficient (Wildman–Crippen LogP) is 2.91. The molecule has 1 N–H and O–H groups in total. The summed E-state index contributed by atoms with van der Waals surface area (Å²) in [5.74, 6) is 0.372. The molecule has 1 aromatic carbocycles. The van der Waals surface area contributed by atoms with E-state index in [0.717, 1.165) is 51.9 Å². The van der Waals surface area contributed by atoms with E-state index in [1.807, 2.05) is 0 Å². The first-order chi connectivity index (χ1) is 9.70. The second-order valence-electron chi connectivity index (χ2n) is 6.38. The van der Waals surface area contributed by atoms with E-state index in [1.165, 1.54) is 11.1 Å². The van der Waals surface area contributed by atoms with Crippen LogP contribution < -0.4 is 5.32 Å². The van der Waals surface area contributed by atoms with Gasteiger partial charge in [-0.1, -0.05) is 29.8 Å². The van der Waals surface area contributed by atoms with Crippen LogP contribution in [0.25, 0.3) is 0 Å². The highest BCUT2D eigenvalue weighted by Gasteiger charge is 2.44. The third-order valence-corrected chi connectivity index (χ3v) is 4.79. The van der Waals surface area contributed by atoms with Crippen molar-refractivity contribution < 1.29 is 4.79 Å². The van der Waals surface area contributed by atoms with Crippen LogP contribution in [0.1, 0.15) is 36.8 Å². The zero-order chi connectivity index (χ0) is 14.0. The van der Waals surface area contributed by atoms with Gasteiger partial charge in [0.05, 0.1) is 5.41 Å². The molecule has 1 atom stereocenters. The maximum absolute atomic E-state index is 12.9. The normalized spacial score (nSPS) is 25.8. The SMILES string of the molecule is Cc1ccc(CN2CCCC3(CCCNC3)C2=O)cc1.Cl. The molecule has 2 heterocycles. The molecule has 1 unspecified atom stereocenters. The molecule has 3 rings (SSSR count). The van der Waals surface area contributed by atoms with Crippen LogP contribution in [0.2, 0.25) is 0 Å². The second-order valence-corrected chi connectivity index (χ2v) is 6.38. The Morgan fingerprint density at radius 1 is 1.19 bits per heavy atom. The summed E-state index contributed by atoms with van der Waals surface area (Å²) in [6, 6.07) is 8.54. The maximum Gasteiger partial charge on any atom is 0.230 e. The molecule has 0 radical (unpaired) electrons. The Balaban J connectivity index is 0.00000161. The first kappa shape index (κ1) is 16.3. The third-order valence-electron chi connectivity index (χ3n) is 4.79. The number of carbonyl (C=O) groups excluding carboxylic acids is 1. The number of hydrogen-bond acceptors (Lipinski definition) is 2. The zero-order valence-electron chi connectivity index (χ0n) is 12.7. The fourth-order valence-corrected chi connectivity index (χ4v) is 3.58. The molecule has 2 aliphatic heterocycles. The highest BCUT2D eigenvalue weighted by Crippen LogP contribution is 2.37. The Morgan fingerprint density at radius 2 is 1.90 bits per heavy atom. The average molecular weight is 309 g/mol. The smallest absolute Gasteiger partial charge is 0.230 e. The average Bonchev–Trinajstić information content (AvgIpc) is 2.47. The number of rotatable bonds is 2. The molecule has 4 heteroatoms. The fourth-order valence-electron chi connectivity index (χ4n) is 3.58. The molecule has 21 heavy (non-hydrogen) atoms. The van der Waals surface area contributed by atoms with Gasteiger partial charge in [-0.05, 0) is 44.7 Å². The largest absolute Gasteiger partial charge is 0.338 e. The molecule has 116 valence electrons. The van der Waals surface area contributed by atoms with Gasteiger partial charge in [0.15, 0.2) is 0 Å². The van der Waals surface area contributed by atoms with Crippen LogP contribution in [0.3, 0.4) is 0 Å². The second kappa shape index (κ2) is 6.80. The molecule has 1 amide bonds. The molecule has 0 aromatic heterocycles. The molecule has 1 spiro atoms. The summed E-state index contributed by atoms with van der Waals surface area (Å²) in [5.41, 5.74) is 2.40. The summed E-state index contributed by atoms with van der Waals surface area (Å²) in [7, 11) is 0. The van der Waals surface area contributed by atoms with Gasteiger partial charge in [0.1, 0.15) is 0 Å². The Hall–Kier alpha value is -1.06. The van der Waals surface area contributed by atoms with Gasteiger partial charge in [0, 0.05) is 19.6 Å². The summed E-state index contributed by atoms with van der Waals surface area (Å²) in [6.07, 6.45) is 4.38. The Kier molecular flexibility index (Phi) is 5.28. The van der Waals surface area contributed by atoms with Crippen molar-refractivity contribution in [1.82, 2.24) is 10.2 Å². The number of halogens is 1. The highest BCUT2D eigenvalue weighted by molar-refractivity contribution is 5.85. The minimum Gasteiger partial charge on any atom is -0.338 e. The molecular weight excluding hydrogens is 284 g/mol. The minimum atomic E-state index is -0.110. The molecule has 3 nitrogen and oxygen atoms in total. The molecule has 2 saturated heterocycles. The van der Waals surface area contributed by atoms with E-state index in [9.17, 15) is 4.79 Å². The van der Waals surface area contributed by atoms with E-state index in [-0.39, 0.29) is 17.8 Å². The van der Waals surface area contributed by atoms with E-state index < -0.39 is 0 Å². The van der Waals surface area contributed by atoms with Crippen molar-refractivity contribution in [3.63, 3.8) is 0 Å². The lowest BCUT2D eigenvalue weighted by molar-refractivity contribution is -0.148. The topological polar surface area (TPSA) is 32.3 Å². The van der Waals surface area contributed by atoms with Crippen molar-refractivity contribution in [1.29, 1.82) is 0 Å². The van der Waals surface area contributed by atoms with Crippen molar-refractivity contribution in [2.75, 3.05) is 19.6 Å². The number of nitrogens with one attached hydrogen (secondary N) is 1. The van der Waals surface area contributed by atoms with Crippen molar-refractivity contribution in [2.24, 2.45) is 5.41 Å². The van der Waals surface area contributed by atoms with E-state index in [1.54, 1.807) is 0 Å². The first-order valence-electron chi connectivity index (χ1n) is 7.75. The fraction of sp³-hybridized carbons (Fsp3) is 0.588. The Morgan fingerprint density at radius 3 is 2.57 bits per heavy atom. The van der Waals surface area contributed by atoms with E-state index in [2.05, 4.69) is 41.4 Å². The van der Waals surface area contributed by atoms with Crippen LogP contribution in [0, 0.1) is 12.3 Å². The third kappa shape index (κ3) is 3.41. The van der Waals surface area contributed by atoms with Crippen LogP contribution in [-0.2, 0) is 11.3 Å². The summed E-state index contributed by atoms with van der Waals surface area (Å²) < 4.78 is 0. The minimum absolute atomic E-state index is 0. The van der Waals surface area contributed by atoms with Crippen molar-refractivity contribution in [3.05, 3.63) is 35.4 Å². The monoisotopic (exact) mass is 308 g/mol. The summed E-state index contributed by atoms with van der Waals surface area (Å²) in [6.45, 7) is 5.71. The number of carbonyl (C=O) groups is 1. The van der Waals surface area contributed by atoms with E-state index in [4.69, 9.17) is 0 Å². The predicted molar refractivity (Wildman–Crippen MR) is 87.6 cm³/mol. The molecule has 2 fully saturated rings. The molecule has 2 aliphatic rings. The Labute approximate surface area is 133 Å². The molecule has 0 aliphatic carbocycles. The van der Waals surface area contributed by atoms with Gasteiger partial charge in [-0.25, -0.2) is 0 Å². The van der Waals surface area contributed by atoms with Gasteiger partial charge in [0.2, 0.25) is 5.91 Å². The van der Waals surface area contributed by atoms with Crippen molar-refractivity contribution in [3.8, 4) is 0 Å². The first-order valence-corrected chi connectivity index (χ1v) is 7.75. The van der Waals surface area contributed by atoms with Gasteiger partial charge in [-0.3, -0.25) is 4.79 Å². The summed E-state index contributed by atoms with van der Waals surface area (Å²) in [4.78, 5) is 14.9. The lowest BCUT2D eigenvalue weighted by atomic mass is 9.73. The van der Waals surface area contributed by atoms with Crippen LogP contribution in [-0.4, -0.2) is 30.4 Å². The summed E-state index contributed by atoms with van der Waals surface area (Å²) >= 11 is 0. The van der Waals surface area contributed by atoms with Gasteiger partial charge < -0.3 is 10.2 Å². The number of likely N-dealkylation sites (tertiary alicyclic amines) is 1. The van der Waals surface area contributed by atoms with Gasteiger partial charge in [0.25, 0.3) is 0 Å². The number of hydrogen-bond donors (Lipinski definition) is 1. The lowest BCUT2D eigenvalue weighted by Crippen LogP contribution is -2.54. The quantitative estimate of drug-likeness (QED) is 0.911. The van der Waals surface area contributed by atoms with Gasteiger partial charge >= 0.3 is 0 Å². The van der Waals surface area contributed by atoms with Crippen molar-refractivity contribution in [2.45, 2.75) is 39.2 Å². The van der Waals surface area contributed by atoms with Crippen LogP contribution >= 0.6 is 12.4 Å². The maximum atomic E-state index is 12.9. The molecule has 1 aromatic rings. The zero-order valence-corrected chi connectivity index (χ0v) is 13.5. The standard InChI is InChI=1S/C17H24N2O.ClH/c1-14-4-6-15(7-5-14)12-19-11-3-9-17(16(19)20)8-2-10-18-13-17;/h4-7,18H,2-3,8-13H2,1H3;1H. The highest BCUT2D eigenvalue weighted by atomic mass is 35.5. The van der Waals surface area contributed by atoms with Crippen LogP contribution in [0.5, 0.6) is 0 Å². The Bertz CT molecular complexity index is 475. The van der Waals surface area contributed by atoms with Crippen LogP contribution in [0.4, 0.5) is 0 Å². The number of amides is 1. The summed E-state index contributed by atoms with van der Waals surface area (Å²) in [5, 5.41) is 3.42. The van der Waals surface area contributed by atoms with Crippen LogP contribution in [0.15, 0.2) is 24.3 Å². The molecular formula is C17H25ClN2O. The number of benzene rings is 1. The van der Waals surface area contributed by atoms with Crippen molar-refractivity contribution >= 4 is 18.3 Å². The number of aryl methyl sites for hydroxylation is 1. The van der Waals surface area contributed by atoms with Gasteiger partial charge in [-0.15, -0.1) is 12.4 Å². The van der Waals surface area contributed by atoms with E-state index in [0.29, 0.717) is 5.91 Å². The van der Waals surface area contributed by atoms with Gasteiger partial charge in [-0.2, -0.15) is 0 Å².